The van der Waals surface area contributed by atoms with Gasteiger partial charge in [0.15, 0.2) is 0 Å². The molecule has 1 fully saturated rings. The van der Waals surface area contributed by atoms with E-state index in [9.17, 15) is 9.90 Å². The molecule has 5 nitrogen and oxygen atoms in total. The zero-order valence-electron chi connectivity index (χ0n) is 9.02. The molecule has 0 bridgehead atoms. The maximum absolute atomic E-state index is 10.8. The fourth-order valence-corrected chi connectivity index (χ4v) is 1.98. The first-order valence-electron chi connectivity index (χ1n) is 5.49. The van der Waals surface area contributed by atoms with Gasteiger partial charge in [-0.15, -0.1) is 0 Å². The molecule has 2 rings (SSSR count). The molecule has 0 aromatic carbocycles. The van der Waals surface area contributed by atoms with Gasteiger partial charge < -0.3 is 20.4 Å². The number of aliphatic hydroxyl groups excluding tert-OH is 1. The van der Waals surface area contributed by atoms with Gasteiger partial charge in [0, 0.05) is 19.6 Å². The van der Waals surface area contributed by atoms with Crippen LogP contribution in [0.5, 0.6) is 0 Å². The molecule has 2 aliphatic heterocycles. The van der Waals surface area contributed by atoms with Gasteiger partial charge in [0.1, 0.15) is 5.82 Å². The van der Waals surface area contributed by atoms with E-state index >= 15 is 0 Å². The summed E-state index contributed by atoms with van der Waals surface area (Å²) in [6.07, 6.45) is 4.58. The van der Waals surface area contributed by atoms with E-state index in [0.717, 1.165) is 31.8 Å². The number of nitrogens with zero attached hydrogens (tertiary/aromatic N) is 1. The van der Waals surface area contributed by atoms with Crippen LogP contribution in [0, 0.1) is 0 Å². The van der Waals surface area contributed by atoms with E-state index in [1.54, 1.807) is 12.2 Å². The summed E-state index contributed by atoms with van der Waals surface area (Å²) in [6.45, 7) is 2.09. The average Bonchev–Trinajstić information content (AvgIpc) is 2.30. The Bertz CT molecular complexity index is 341. The highest BCUT2D eigenvalue weighted by molar-refractivity contribution is 5.90. The molecule has 0 spiro atoms. The summed E-state index contributed by atoms with van der Waals surface area (Å²) in [5.41, 5.74) is 0.333. The van der Waals surface area contributed by atoms with E-state index in [2.05, 4.69) is 10.2 Å². The van der Waals surface area contributed by atoms with Gasteiger partial charge in [0.05, 0.1) is 11.7 Å². The standard InChI is InChI=1S/C11H16N2O3/c14-9-2-5-13(6-3-9)10-7-8(11(15)16)1-4-12-10/h1,7,9,12,14H,2-6H2,(H,15,16). The molecule has 0 radical (unpaired) electrons. The fraction of sp³-hybridized carbons (Fsp3) is 0.545. The van der Waals surface area contributed by atoms with Crippen LogP contribution < -0.4 is 5.32 Å². The molecule has 5 heteroatoms. The largest absolute Gasteiger partial charge is 0.478 e. The Kier molecular flexibility index (Phi) is 3.14. The molecule has 2 aliphatic rings. The molecule has 0 aromatic heterocycles. The quantitative estimate of drug-likeness (QED) is 0.611. The van der Waals surface area contributed by atoms with Crippen LogP contribution >= 0.6 is 0 Å². The van der Waals surface area contributed by atoms with Crippen molar-refractivity contribution in [2.24, 2.45) is 0 Å². The third kappa shape index (κ3) is 2.36. The van der Waals surface area contributed by atoms with Crippen molar-refractivity contribution in [3.8, 4) is 0 Å². The highest BCUT2D eigenvalue weighted by atomic mass is 16.4. The molecular formula is C11H16N2O3. The number of hydrogen-bond acceptors (Lipinski definition) is 4. The Morgan fingerprint density at radius 3 is 2.75 bits per heavy atom. The van der Waals surface area contributed by atoms with E-state index in [4.69, 9.17) is 5.11 Å². The molecule has 3 N–H and O–H groups in total. The molecule has 0 saturated carbocycles. The zero-order valence-corrected chi connectivity index (χ0v) is 9.02. The van der Waals surface area contributed by atoms with Crippen molar-refractivity contribution in [3.63, 3.8) is 0 Å². The van der Waals surface area contributed by atoms with E-state index in [-0.39, 0.29) is 6.10 Å². The lowest BCUT2D eigenvalue weighted by Crippen LogP contribution is -2.40. The maximum atomic E-state index is 10.8. The first-order chi connectivity index (χ1) is 7.66. The minimum atomic E-state index is -0.893. The zero-order chi connectivity index (χ0) is 11.5. The van der Waals surface area contributed by atoms with Gasteiger partial charge in [0.25, 0.3) is 0 Å². The second-order valence-electron chi connectivity index (χ2n) is 4.09. The maximum Gasteiger partial charge on any atom is 0.335 e. The number of dihydropyridines is 1. The van der Waals surface area contributed by atoms with Crippen LogP contribution in [0.25, 0.3) is 0 Å². The molecule has 88 valence electrons. The van der Waals surface area contributed by atoms with Gasteiger partial charge in [-0.05, 0) is 18.9 Å². The number of piperidine rings is 1. The Balaban J connectivity index is 2.04. The third-order valence-electron chi connectivity index (χ3n) is 2.95. The molecule has 0 aliphatic carbocycles. The highest BCUT2D eigenvalue weighted by Gasteiger charge is 2.21. The number of rotatable bonds is 2. The molecule has 0 unspecified atom stereocenters. The van der Waals surface area contributed by atoms with Crippen molar-refractivity contribution >= 4 is 5.97 Å². The predicted octanol–water partition coefficient (Wildman–Crippen LogP) is -0.101. The Labute approximate surface area is 94.1 Å². The summed E-state index contributed by atoms with van der Waals surface area (Å²) in [7, 11) is 0. The molecule has 16 heavy (non-hydrogen) atoms. The number of nitrogens with one attached hydrogen (secondary N) is 1. The third-order valence-corrected chi connectivity index (χ3v) is 2.95. The van der Waals surface area contributed by atoms with E-state index in [1.165, 1.54) is 0 Å². The monoisotopic (exact) mass is 224 g/mol. The topological polar surface area (TPSA) is 72.8 Å². The van der Waals surface area contributed by atoms with Crippen molar-refractivity contribution in [1.29, 1.82) is 0 Å². The van der Waals surface area contributed by atoms with Crippen molar-refractivity contribution in [2.75, 3.05) is 19.6 Å². The number of hydrogen-bond donors (Lipinski definition) is 3. The van der Waals surface area contributed by atoms with E-state index in [1.807, 2.05) is 0 Å². The van der Waals surface area contributed by atoms with Gasteiger partial charge in [-0.25, -0.2) is 4.79 Å². The summed E-state index contributed by atoms with van der Waals surface area (Å²) in [5.74, 6) is -0.0390. The second kappa shape index (κ2) is 4.57. The van der Waals surface area contributed by atoms with E-state index < -0.39 is 5.97 Å². The summed E-state index contributed by atoms with van der Waals surface area (Å²) in [4.78, 5) is 12.9. The molecule has 2 heterocycles. The molecule has 0 amide bonds. The normalized spacial score (nSPS) is 22.2. The number of carboxylic acids is 1. The molecule has 1 saturated heterocycles. The van der Waals surface area contributed by atoms with Crippen LogP contribution in [-0.4, -0.2) is 46.8 Å². The van der Waals surface area contributed by atoms with Crippen LogP contribution in [0.1, 0.15) is 12.8 Å². The summed E-state index contributed by atoms with van der Waals surface area (Å²) in [6, 6.07) is 0. The number of aliphatic carboxylic acids is 1. The van der Waals surface area contributed by atoms with Crippen LogP contribution in [0.3, 0.4) is 0 Å². The SMILES string of the molecule is O=C(O)C1=CCNC(N2CCC(O)CC2)=C1. The van der Waals surface area contributed by atoms with Gasteiger partial charge in [-0.1, -0.05) is 6.08 Å². The Morgan fingerprint density at radius 1 is 1.44 bits per heavy atom. The van der Waals surface area contributed by atoms with Crippen LogP contribution in [-0.2, 0) is 4.79 Å². The Hall–Kier alpha value is -1.49. The lowest BCUT2D eigenvalue weighted by Gasteiger charge is -2.34. The lowest BCUT2D eigenvalue weighted by atomic mass is 10.1. The van der Waals surface area contributed by atoms with Crippen LogP contribution in [0.4, 0.5) is 0 Å². The predicted molar refractivity (Wildman–Crippen MR) is 58.6 cm³/mol. The van der Waals surface area contributed by atoms with Crippen molar-refractivity contribution in [3.05, 3.63) is 23.5 Å². The summed E-state index contributed by atoms with van der Waals surface area (Å²) in [5, 5.41) is 21.4. The van der Waals surface area contributed by atoms with Crippen molar-refractivity contribution in [1.82, 2.24) is 10.2 Å². The van der Waals surface area contributed by atoms with Gasteiger partial charge in [0.2, 0.25) is 0 Å². The molecule has 0 atom stereocenters. The minimum absolute atomic E-state index is 0.213. The summed E-state index contributed by atoms with van der Waals surface area (Å²) >= 11 is 0. The van der Waals surface area contributed by atoms with Crippen LogP contribution in [0.2, 0.25) is 0 Å². The van der Waals surface area contributed by atoms with Gasteiger partial charge in [-0.2, -0.15) is 0 Å². The number of aliphatic hydroxyl groups is 1. The van der Waals surface area contributed by atoms with Crippen molar-refractivity contribution < 1.29 is 15.0 Å². The van der Waals surface area contributed by atoms with Gasteiger partial charge in [-0.3, -0.25) is 0 Å². The fourth-order valence-electron chi connectivity index (χ4n) is 1.98. The first-order valence-corrected chi connectivity index (χ1v) is 5.49. The highest BCUT2D eigenvalue weighted by Crippen LogP contribution is 2.17. The smallest absolute Gasteiger partial charge is 0.335 e. The lowest BCUT2D eigenvalue weighted by molar-refractivity contribution is -0.132. The first kappa shape index (κ1) is 11.0. The molecule has 0 aromatic rings. The minimum Gasteiger partial charge on any atom is -0.478 e. The van der Waals surface area contributed by atoms with Gasteiger partial charge >= 0.3 is 5.97 Å². The average molecular weight is 224 g/mol. The molecular weight excluding hydrogens is 208 g/mol. The number of carbonyl (C=O) groups is 1. The van der Waals surface area contributed by atoms with Crippen molar-refractivity contribution in [2.45, 2.75) is 18.9 Å². The second-order valence-corrected chi connectivity index (χ2v) is 4.09. The van der Waals surface area contributed by atoms with E-state index in [0.29, 0.717) is 12.1 Å². The number of likely N-dealkylation sites (tertiary alicyclic amines) is 1. The van der Waals surface area contributed by atoms with Crippen LogP contribution in [0.15, 0.2) is 23.5 Å². The Morgan fingerprint density at radius 2 is 2.12 bits per heavy atom. The number of carboxylic acid groups (broad SMARTS) is 1. The summed E-state index contributed by atoms with van der Waals surface area (Å²) < 4.78 is 0.